The fourth-order valence-electron chi connectivity index (χ4n) is 3.16. The summed E-state index contributed by atoms with van der Waals surface area (Å²) < 4.78 is 66.1. The second kappa shape index (κ2) is 8.18. The molecule has 28 heavy (non-hydrogen) atoms. The van der Waals surface area contributed by atoms with Gasteiger partial charge in [0, 0.05) is 30.3 Å². The molecule has 0 radical (unpaired) electrons. The lowest BCUT2D eigenvalue weighted by Crippen LogP contribution is -2.32. The normalized spacial score (nSPS) is 19.5. The van der Waals surface area contributed by atoms with Crippen LogP contribution in [-0.4, -0.2) is 38.1 Å². The zero-order valence-corrected chi connectivity index (χ0v) is 15.6. The third-order valence-electron chi connectivity index (χ3n) is 4.67. The standard InChI is InChI=1S/C20H18F3NO3S/c21-15-6-7-17(22)14(13-15)5-8-20(25)24-10-9-19(28(26,27)12-11-24)16-3-1-2-4-18(16)23/h1-8,13,19H,9-12H2/b8-5+. The van der Waals surface area contributed by atoms with Crippen molar-refractivity contribution in [3.05, 3.63) is 77.1 Å². The quantitative estimate of drug-likeness (QED) is 0.729. The van der Waals surface area contributed by atoms with E-state index in [-0.39, 0.29) is 36.4 Å². The molecule has 4 nitrogen and oxygen atoms in total. The average molecular weight is 409 g/mol. The van der Waals surface area contributed by atoms with Gasteiger partial charge in [0.05, 0.1) is 11.0 Å². The van der Waals surface area contributed by atoms with Crippen molar-refractivity contribution >= 4 is 21.8 Å². The zero-order chi connectivity index (χ0) is 20.3. The SMILES string of the molecule is O=C(/C=C/c1cc(F)ccc1F)N1CCC(c2ccccc2F)S(=O)(=O)CC1. The molecule has 1 aliphatic rings. The molecule has 1 amide bonds. The Morgan fingerprint density at radius 1 is 1.04 bits per heavy atom. The van der Waals surface area contributed by atoms with Gasteiger partial charge >= 0.3 is 0 Å². The van der Waals surface area contributed by atoms with E-state index >= 15 is 0 Å². The van der Waals surface area contributed by atoms with Crippen LogP contribution in [0.1, 0.15) is 22.8 Å². The van der Waals surface area contributed by atoms with Gasteiger partial charge in [-0.2, -0.15) is 0 Å². The fraction of sp³-hybridized carbons (Fsp3) is 0.250. The van der Waals surface area contributed by atoms with Gasteiger partial charge in [-0.25, -0.2) is 21.6 Å². The maximum absolute atomic E-state index is 14.1. The van der Waals surface area contributed by atoms with E-state index in [0.717, 1.165) is 30.4 Å². The molecule has 0 N–H and O–H groups in total. The molecule has 1 unspecified atom stereocenters. The van der Waals surface area contributed by atoms with Gasteiger partial charge in [-0.3, -0.25) is 4.79 Å². The Morgan fingerprint density at radius 3 is 2.54 bits per heavy atom. The van der Waals surface area contributed by atoms with Crippen molar-refractivity contribution in [2.24, 2.45) is 0 Å². The summed E-state index contributed by atoms with van der Waals surface area (Å²) in [5, 5.41) is -1.03. The molecule has 3 rings (SSSR count). The van der Waals surface area contributed by atoms with E-state index in [0.29, 0.717) is 0 Å². The summed E-state index contributed by atoms with van der Waals surface area (Å²) in [6.07, 6.45) is 2.28. The average Bonchev–Trinajstić information content (AvgIpc) is 2.81. The van der Waals surface area contributed by atoms with Crippen molar-refractivity contribution in [1.82, 2.24) is 4.90 Å². The lowest BCUT2D eigenvalue weighted by molar-refractivity contribution is -0.125. The van der Waals surface area contributed by atoms with Gasteiger partial charge in [-0.1, -0.05) is 18.2 Å². The first-order valence-electron chi connectivity index (χ1n) is 8.66. The monoisotopic (exact) mass is 409 g/mol. The Bertz CT molecular complexity index is 1020. The van der Waals surface area contributed by atoms with E-state index in [4.69, 9.17) is 0 Å². The van der Waals surface area contributed by atoms with E-state index in [1.807, 2.05) is 0 Å². The van der Waals surface area contributed by atoms with Crippen molar-refractivity contribution in [2.75, 3.05) is 18.8 Å². The van der Waals surface area contributed by atoms with Crippen LogP contribution in [0.4, 0.5) is 13.2 Å². The van der Waals surface area contributed by atoms with Crippen LogP contribution in [0, 0.1) is 17.5 Å². The van der Waals surface area contributed by atoms with Crippen molar-refractivity contribution in [2.45, 2.75) is 11.7 Å². The highest BCUT2D eigenvalue weighted by atomic mass is 32.2. The Hall–Kier alpha value is -2.61. The van der Waals surface area contributed by atoms with E-state index in [2.05, 4.69) is 0 Å². The number of hydrogen-bond acceptors (Lipinski definition) is 3. The Kier molecular flexibility index (Phi) is 5.88. The number of hydrogen-bond donors (Lipinski definition) is 0. The van der Waals surface area contributed by atoms with Crippen molar-refractivity contribution in [3.8, 4) is 0 Å². The summed E-state index contributed by atoms with van der Waals surface area (Å²) in [4.78, 5) is 13.7. The molecule has 2 aromatic rings. The van der Waals surface area contributed by atoms with Gasteiger partial charge in [-0.05, 0) is 36.8 Å². The predicted octanol–water partition coefficient (Wildman–Crippen LogP) is 3.51. The Balaban J connectivity index is 1.77. The molecule has 0 spiro atoms. The molecule has 148 valence electrons. The van der Waals surface area contributed by atoms with Gasteiger partial charge in [0.15, 0.2) is 9.84 Å². The van der Waals surface area contributed by atoms with Crippen LogP contribution in [0.3, 0.4) is 0 Å². The molecule has 0 bridgehead atoms. The van der Waals surface area contributed by atoms with Crippen LogP contribution in [0.5, 0.6) is 0 Å². The predicted molar refractivity (Wildman–Crippen MR) is 99.5 cm³/mol. The highest BCUT2D eigenvalue weighted by Gasteiger charge is 2.33. The molecule has 1 heterocycles. The summed E-state index contributed by atoms with van der Waals surface area (Å²) in [5.74, 6) is -2.74. The maximum atomic E-state index is 14.1. The summed E-state index contributed by atoms with van der Waals surface area (Å²) in [5.41, 5.74) is 0.00852. The van der Waals surface area contributed by atoms with Crippen LogP contribution < -0.4 is 0 Å². The lowest BCUT2D eigenvalue weighted by atomic mass is 10.1. The number of carbonyl (C=O) groups excluding carboxylic acids is 1. The first-order valence-corrected chi connectivity index (χ1v) is 10.4. The van der Waals surface area contributed by atoms with E-state index in [9.17, 15) is 26.4 Å². The van der Waals surface area contributed by atoms with Gasteiger partial charge in [0.25, 0.3) is 0 Å². The number of carbonyl (C=O) groups is 1. The van der Waals surface area contributed by atoms with Crippen molar-refractivity contribution in [1.29, 1.82) is 0 Å². The second-order valence-electron chi connectivity index (χ2n) is 6.49. The van der Waals surface area contributed by atoms with Crippen molar-refractivity contribution in [3.63, 3.8) is 0 Å². The molecule has 2 aromatic carbocycles. The third kappa shape index (κ3) is 4.44. The third-order valence-corrected chi connectivity index (χ3v) is 6.78. The fourth-order valence-corrected chi connectivity index (χ4v) is 4.96. The van der Waals surface area contributed by atoms with E-state index < -0.39 is 38.4 Å². The first-order chi connectivity index (χ1) is 13.3. The minimum Gasteiger partial charge on any atom is -0.338 e. The van der Waals surface area contributed by atoms with Gasteiger partial charge < -0.3 is 4.90 Å². The van der Waals surface area contributed by atoms with E-state index in [1.54, 1.807) is 6.07 Å². The van der Waals surface area contributed by atoms with E-state index in [1.165, 1.54) is 23.1 Å². The Morgan fingerprint density at radius 2 is 1.79 bits per heavy atom. The molecular weight excluding hydrogens is 391 g/mol. The minimum absolute atomic E-state index is 0.0528. The van der Waals surface area contributed by atoms with Crippen LogP contribution >= 0.6 is 0 Å². The molecule has 0 aliphatic carbocycles. The zero-order valence-electron chi connectivity index (χ0n) is 14.8. The first kappa shape index (κ1) is 20.1. The molecule has 0 saturated carbocycles. The molecule has 1 aliphatic heterocycles. The molecule has 1 atom stereocenters. The number of benzene rings is 2. The van der Waals surface area contributed by atoms with Crippen LogP contribution in [0.2, 0.25) is 0 Å². The topological polar surface area (TPSA) is 54.5 Å². The summed E-state index contributed by atoms with van der Waals surface area (Å²) in [6, 6.07) is 8.57. The van der Waals surface area contributed by atoms with Crippen LogP contribution in [0.25, 0.3) is 6.08 Å². The number of amides is 1. The summed E-state index contributed by atoms with van der Waals surface area (Å²) in [7, 11) is -3.65. The smallest absolute Gasteiger partial charge is 0.246 e. The number of sulfone groups is 1. The van der Waals surface area contributed by atoms with Crippen LogP contribution in [-0.2, 0) is 14.6 Å². The summed E-state index contributed by atoms with van der Waals surface area (Å²) in [6.45, 7) is 0.0507. The molecule has 0 aromatic heterocycles. The van der Waals surface area contributed by atoms with Crippen molar-refractivity contribution < 1.29 is 26.4 Å². The van der Waals surface area contributed by atoms with Gasteiger partial charge in [-0.15, -0.1) is 0 Å². The molecule has 8 heteroatoms. The van der Waals surface area contributed by atoms with Crippen LogP contribution in [0.15, 0.2) is 48.5 Å². The van der Waals surface area contributed by atoms with Gasteiger partial charge in [0.2, 0.25) is 5.91 Å². The number of rotatable bonds is 3. The summed E-state index contributed by atoms with van der Waals surface area (Å²) >= 11 is 0. The number of nitrogens with zero attached hydrogens (tertiary/aromatic N) is 1. The molecule has 1 fully saturated rings. The molecular formula is C20H18F3NO3S. The van der Waals surface area contributed by atoms with Gasteiger partial charge in [0.1, 0.15) is 17.5 Å². The highest BCUT2D eigenvalue weighted by molar-refractivity contribution is 7.91. The highest BCUT2D eigenvalue weighted by Crippen LogP contribution is 2.31. The maximum Gasteiger partial charge on any atom is 0.246 e. The lowest BCUT2D eigenvalue weighted by Gasteiger charge is -2.18. The molecule has 1 saturated heterocycles. The largest absolute Gasteiger partial charge is 0.338 e. The Labute approximate surface area is 161 Å². The minimum atomic E-state index is -3.65. The second-order valence-corrected chi connectivity index (χ2v) is 8.79. The number of halogens is 3.